The molecular formula is C12H22N2O6. The summed E-state index contributed by atoms with van der Waals surface area (Å²) < 4.78 is 4.90. The Labute approximate surface area is 117 Å². The number of amides is 1. The lowest BCUT2D eigenvalue weighted by molar-refractivity contribution is -0.159. The summed E-state index contributed by atoms with van der Waals surface area (Å²) in [6, 6.07) is 0. The van der Waals surface area contributed by atoms with E-state index in [1.54, 1.807) is 20.8 Å². The fourth-order valence-corrected chi connectivity index (χ4v) is 1.49. The lowest BCUT2D eigenvalue weighted by Gasteiger charge is -2.28. The second kappa shape index (κ2) is 7.09. The first-order valence-electron chi connectivity index (χ1n) is 6.23. The maximum atomic E-state index is 11.6. The summed E-state index contributed by atoms with van der Waals surface area (Å²) in [5, 5.41) is 20.3. The van der Waals surface area contributed by atoms with E-state index < -0.39 is 29.2 Å². The molecule has 8 nitrogen and oxygen atoms in total. The van der Waals surface area contributed by atoms with Crippen molar-refractivity contribution in [2.45, 2.75) is 51.2 Å². The van der Waals surface area contributed by atoms with E-state index in [0.29, 0.717) is 13.0 Å². The molecule has 0 saturated carbocycles. The first kappa shape index (κ1) is 18.2. The van der Waals surface area contributed by atoms with Crippen molar-refractivity contribution in [1.82, 2.24) is 5.32 Å². The maximum Gasteiger partial charge on any atom is 0.409 e. The lowest BCUT2D eigenvalue weighted by Crippen LogP contribution is -2.60. The number of carboxylic acid groups (broad SMARTS) is 2. The summed E-state index contributed by atoms with van der Waals surface area (Å²) in [6.45, 7) is 5.07. The van der Waals surface area contributed by atoms with Gasteiger partial charge in [-0.15, -0.1) is 0 Å². The van der Waals surface area contributed by atoms with E-state index in [4.69, 9.17) is 20.7 Å². The second-order valence-electron chi connectivity index (χ2n) is 5.39. The van der Waals surface area contributed by atoms with Gasteiger partial charge in [-0.25, -0.2) is 14.4 Å². The molecule has 0 heterocycles. The van der Waals surface area contributed by atoms with Crippen molar-refractivity contribution in [3.8, 4) is 0 Å². The number of alkyl carbamates (subject to hydrolysis) is 1. The van der Waals surface area contributed by atoms with Gasteiger partial charge in [-0.2, -0.15) is 0 Å². The number of unbranched alkanes of at least 4 members (excludes halogenated alkanes) is 1. The van der Waals surface area contributed by atoms with E-state index in [1.165, 1.54) is 0 Å². The van der Waals surface area contributed by atoms with Gasteiger partial charge in [0.25, 0.3) is 0 Å². The monoisotopic (exact) mass is 290 g/mol. The zero-order valence-electron chi connectivity index (χ0n) is 11.9. The van der Waals surface area contributed by atoms with Crippen molar-refractivity contribution in [2.75, 3.05) is 6.54 Å². The highest BCUT2D eigenvalue weighted by Crippen LogP contribution is 2.17. The highest BCUT2D eigenvalue weighted by atomic mass is 16.6. The third-order valence-electron chi connectivity index (χ3n) is 2.45. The Hall–Kier alpha value is -1.83. The molecule has 0 aliphatic heterocycles. The SMILES string of the molecule is CC(C)(C)OC(=O)NC(CCCCN)(C(=O)O)C(=O)O. The molecule has 0 spiro atoms. The standard InChI is InChI=1S/C12H22N2O6/c1-11(2,3)20-10(19)14-12(8(15)16,9(17)18)6-4-5-7-13/h4-7,13H2,1-3H3,(H,14,19)(H,15,16)(H,17,18). The van der Waals surface area contributed by atoms with Gasteiger partial charge in [-0.1, -0.05) is 0 Å². The molecule has 0 bridgehead atoms. The Balaban J connectivity index is 5.06. The minimum Gasteiger partial charge on any atom is -0.479 e. The van der Waals surface area contributed by atoms with E-state index in [0.717, 1.165) is 0 Å². The van der Waals surface area contributed by atoms with Gasteiger partial charge in [0, 0.05) is 0 Å². The lowest BCUT2D eigenvalue weighted by atomic mass is 9.92. The maximum absolute atomic E-state index is 11.6. The van der Waals surface area contributed by atoms with Crippen molar-refractivity contribution >= 4 is 18.0 Å². The van der Waals surface area contributed by atoms with Gasteiger partial charge < -0.3 is 20.7 Å². The van der Waals surface area contributed by atoms with Crippen LogP contribution in [0.1, 0.15) is 40.0 Å². The Morgan fingerprint density at radius 3 is 1.95 bits per heavy atom. The molecule has 116 valence electrons. The number of ether oxygens (including phenoxy) is 1. The van der Waals surface area contributed by atoms with Gasteiger partial charge in [0.1, 0.15) is 5.60 Å². The Morgan fingerprint density at radius 1 is 1.10 bits per heavy atom. The van der Waals surface area contributed by atoms with Crippen LogP contribution in [0.3, 0.4) is 0 Å². The van der Waals surface area contributed by atoms with Crippen molar-refractivity contribution < 1.29 is 29.3 Å². The normalized spacial score (nSPS) is 11.8. The third kappa shape index (κ3) is 5.43. The molecule has 0 aromatic heterocycles. The van der Waals surface area contributed by atoms with Crippen LogP contribution in [-0.2, 0) is 14.3 Å². The summed E-state index contributed by atoms with van der Waals surface area (Å²) in [5.41, 5.74) is 2.03. The van der Waals surface area contributed by atoms with Gasteiger partial charge >= 0.3 is 18.0 Å². The van der Waals surface area contributed by atoms with Crippen LogP contribution in [0.5, 0.6) is 0 Å². The fourth-order valence-electron chi connectivity index (χ4n) is 1.49. The molecule has 0 aliphatic rings. The van der Waals surface area contributed by atoms with Crippen molar-refractivity contribution in [2.24, 2.45) is 5.73 Å². The molecule has 20 heavy (non-hydrogen) atoms. The first-order valence-corrected chi connectivity index (χ1v) is 6.23. The van der Waals surface area contributed by atoms with Crippen LogP contribution in [0.4, 0.5) is 4.79 Å². The summed E-state index contributed by atoms with van der Waals surface area (Å²) >= 11 is 0. The molecule has 0 unspecified atom stereocenters. The van der Waals surface area contributed by atoms with E-state index in [1.807, 2.05) is 5.32 Å². The van der Waals surface area contributed by atoms with Crippen LogP contribution in [0.2, 0.25) is 0 Å². The number of carbonyl (C=O) groups excluding carboxylic acids is 1. The van der Waals surface area contributed by atoms with Crippen LogP contribution in [0.15, 0.2) is 0 Å². The molecule has 0 atom stereocenters. The Kier molecular flexibility index (Phi) is 6.44. The van der Waals surface area contributed by atoms with Gasteiger partial charge in [-0.05, 0) is 46.6 Å². The van der Waals surface area contributed by atoms with Crippen LogP contribution in [0, 0.1) is 0 Å². The van der Waals surface area contributed by atoms with E-state index in [-0.39, 0.29) is 12.8 Å². The number of carbonyl (C=O) groups is 3. The Bertz CT molecular complexity index is 361. The molecule has 0 saturated heterocycles. The zero-order valence-corrected chi connectivity index (χ0v) is 11.9. The van der Waals surface area contributed by atoms with Gasteiger partial charge in [0.05, 0.1) is 0 Å². The number of aliphatic carboxylic acids is 2. The smallest absolute Gasteiger partial charge is 0.409 e. The molecule has 0 radical (unpaired) electrons. The minimum absolute atomic E-state index is 0.255. The molecule has 0 aromatic rings. The third-order valence-corrected chi connectivity index (χ3v) is 2.45. The predicted octanol–water partition coefficient (Wildman–Crippen LogP) is 0.548. The largest absolute Gasteiger partial charge is 0.479 e. The zero-order chi connectivity index (χ0) is 16.0. The van der Waals surface area contributed by atoms with Crippen LogP contribution >= 0.6 is 0 Å². The summed E-state index contributed by atoms with van der Waals surface area (Å²) in [4.78, 5) is 34.2. The van der Waals surface area contributed by atoms with Crippen molar-refractivity contribution in [3.05, 3.63) is 0 Å². The summed E-state index contributed by atoms with van der Waals surface area (Å²) in [5.74, 6) is -3.29. The summed E-state index contributed by atoms with van der Waals surface area (Å²) in [7, 11) is 0. The summed E-state index contributed by atoms with van der Waals surface area (Å²) in [6.07, 6.45) is -0.646. The molecule has 0 fully saturated rings. The van der Waals surface area contributed by atoms with E-state index >= 15 is 0 Å². The fraction of sp³-hybridized carbons (Fsp3) is 0.750. The van der Waals surface area contributed by atoms with E-state index in [2.05, 4.69) is 0 Å². The van der Waals surface area contributed by atoms with Crippen LogP contribution < -0.4 is 11.1 Å². The number of carboxylic acids is 2. The number of hydrogen-bond acceptors (Lipinski definition) is 5. The second-order valence-corrected chi connectivity index (χ2v) is 5.39. The predicted molar refractivity (Wildman–Crippen MR) is 70.3 cm³/mol. The highest BCUT2D eigenvalue weighted by Gasteiger charge is 2.48. The van der Waals surface area contributed by atoms with Crippen molar-refractivity contribution in [3.63, 3.8) is 0 Å². The van der Waals surface area contributed by atoms with Crippen molar-refractivity contribution in [1.29, 1.82) is 0 Å². The van der Waals surface area contributed by atoms with Crippen LogP contribution in [0.25, 0.3) is 0 Å². The highest BCUT2D eigenvalue weighted by molar-refractivity contribution is 6.05. The quantitative estimate of drug-likeness (QED) is 0.396. The molecule has 0 aromatic carbocycles. The van der Waals surface area contributed by atoms with Gasteiger partial charge in [-0.3, -0.25) is 5.32 Å². The molecule has 0 aliphatic carbocycles. The number of rotatable bonds is 7. The number of nitrogens with one attached hydrogen (secondary N) is 1. The molecule has 1 amide bonds. The molecule has 8 heteroatoms. The molecular weight excluding hydrogens is 268 g/mol. The minimum atomic E-state index is -2.41. The number of nitrogens with two attached hydrogens (primary N) is 1. The average Bonchev–Trinajstić information content (AvgIpc) is 2.24. The topological polar surface area (TPSA) is 139 Å². The Morgan fingerprint density at radius 2 is 1.60 bits per heavy atom. The molecule has 0 rings (SSSR count). The van der Waals surface area contributed by atoms with E-state index in [9.17, 15) is 14.4 Å². The van der Waals surface area contributed by atoms with Gasteiger partial charge in [0.2, 0.25) is 5.54 Å². The average molecular weight is 290 g/mol. The van der Waals surface area contributed by atoms with Crippen LogP contribution in [-0.4, -0.2) is 45.9 Å². The first-order chi connectivity index (χ1) is 9.05. The molecule has 5 N–H and O–H groups in total. The number of hydrogen-bond donors (Lipinski definition) is 4. The van der Waals surface area contributed by atoms with Gasteiger partial charge in [0.15, 0.2) is 0 Å².